The van der Waals surface area contributed by atoms with E-state index in [-0.39, 0.29) is 18.6 Å². The Morgan fingerprint density at radius 3 is 2.56 bits per heavy atom. The third-order valence-corrected chi connectivity index (χ3v) is 10.7. The Morgan fingerprint density at radius 2 is 1.88 bits per heavy atom. The minimum absolute atomic E-state index is 0.0732. The standard InChI is InChI=1S/C27H52N2O3S2/c1-6-29(19-24-27(32-24)28-26-21(4)11-10-12-22(26)5)16-17-30-25(31-20(2)3)14-9-7-8-13-23-15-18-33-34-23/h20-28H,6-19H2,1-5H3. The van der Waals surface area contributed by atoms with Crippen molar-refractivity contribution in [2.24, 2.45) is 11.8 Å². The van der Waals surface area contributed by atoms with Crippen LogP contribution in [0.4, 0.5) is 0 Å². The second-order valence-electron chi connectivity index (χ2n) is 11.0. The molecular weight excluding hydrogens is 464 g/mol. The summed E-state index contributed by atoms with van der Waals surface area (Å²) in [4.78, 5) is 2.46. The fourth-order valence-electron chi connectivity index (χ4n) is 5.49. The molecular formula is C27H52N2O3S2. The van der Waals surface area contributed by atoms with Crippen LogP contribution in [-0.2, 0) is 14.2 Å². The number of epoxide rings is 1. The van der Waals surface area contributed by atoms with E-state index in [9.17, 15) is 0 Å². The van der Waals surface area contributed by atoms with Crippen molar-refractivity contribution in [2.75, 3.05) is 32.0 Å². The Morgan fingerprint density at radius 1 is 1.09 bits per heavy atom. The predicted molar refractivity (Wildman–Crippen MR) is 147 cm³/mol. The van der Waals surface area contributed by atoms with Crippen LogP contribution in [0, 0.1) is 11.8 Å². The third kappa shape index (κ3) is 10.5. The van der Waals surface area contributed by atoms with Gasteiger partial charge in [0.05, 0.1) is 12.7 Å². The molecule has 2 saturated heterocycles. The highest BCUT2D eigenvalue weighted by molar-refractivity contribution is 8.77. The van der Waals surface area contributed by atoms with Crippen LogP contribution in [-0.4, -0.2) is 72.9 Å². The van der Waals surface area contributed by atoms with Crippen LogP contribution in [0.5, 0.6) is 0 Å². The summed E-state index contributed by atoms with van der Waals surface area (Å²) in [5, 5.41) is 4.71. The van der Waals surface area contributed by atoms with E-state index in [1.165, 1.54) is 57.1 Å². The molecule has 3 fully saturated rings. The third-order valence-electron chi connectivity index (χ3n) is 7.70. The molecule has 1 aliphatic carbocycles. The summed E-state index contributed by atoms with van der Waals surface area (Å²) in [6, 6.07) is 0.604. The van der Waals surface area contributed by atoms with Crippen LogP contribution in [0.1, 0.15) is 92.4 Å². The number of hydrogen-bond donors (Lipinski definition) is 1. The van der Waals surface area contributed by atoms with Crippen LogP contribution >= 0.6 is 21.6 Å². The van der Waals surface area contributed by atoms with Gasteiger partial charge in [0.2, 0.25) is 0 Å². The molecule has 0 aromatic carbocycles. The first kappa shape index (κ1) is 29.1. The predicted octanol–water partition coefficient (Wildman–Crippen LogP) is 6.32. The van der Waals surface area contributed by atoms with Crippen LogP contribution in [0.15, 0.2) is 0 Å². The van der Waals surface area contributed by atoms with E-state index < -0.39 is 0 Å². The van der Waals surface area contributed by atoms with Gasteiger partial charge < -0.3 is 14.2 Å². The Hall–Kier alpha value is 0.500. The Labute approximate surface area is 218 Å². The van der Waals surface area contributed by atoms with E-state index in [0.717, 1.165) is 49.7 Å². The number of unbranched alkanes of at least 4 members (excludes halogenated alkanes) is 2. The summed E-state index contributed by atoms with van der Waals surface area (Å²) in [5.41, 5.74) is 0. The topological polar surface area (TPSA) is 46.3 Å². The number of hydrogen-bond acceptors (Lipinski definition) is 7. The molecule has 200 valence electrons. The zero-order chi connectivity index (χ0) is 24.3. The van der Waals surface area contributed by atoms with Crippen molar-refractivity contribution in [3.8, 4) is 0 Å². The van der Waals surface area contributed by atoms with E-state index in [2.05, 4.69) is 55.6 Å². The van der Waals surface area contributed by atoms with Crippen LogP contribution < -0.4 is 5.32 Å². The van der Waals surface area contributed by atoms with Crippen molar-refractivity contribution >= 4 is 21.6 Å². The summed E-state index contributed by atoms with van der Waals surface area (Å²) < 4.78 is 18.3. The quantitative estimate of drug-likeness (QED) is 0.105. The molecule has 3 aliphatic rings. The van der Waals surface area contributed by atoms with Crippen molar-refractivity contribution in [3.05, 3.63) is 0 Å². The first-order valence-corrected chi connectivity index (χ1v) is 16.5. The van der Waals surface area contributed by atoms with Gasteiger partial charge in [0.25, 0.3) is 0 Å². The molecule has 0 aromatic rings. The minimum atomic E-state index is -0.0732. The molecule has 0 bridgehead atoms. The summed E-state index contributed by atoms with van der Waals surface area (Å²) in [5.74, 6) is 2.84. The Kier molecular flexibility index (Phi) is 13.4. The van der Waals surface area contributed by atoms with Gasteiger partial charge in [-0.3, -0.25) is 10.2 Å². The van der Waals surface area contributed by atoms with Gasteiger partial charge >= 0.3 is 0 Å². The average molecular weight is 517 g/mol. The van der Waals surface area contributed by atoms with Crippen molar-refractivity contribution in [1.29, 1.82) is 0 Å². The van der Waals surface area contributed by atoms with E-state index in [0.29, 0.717) is 12.1 Å². The highest BCUT2D eigenvalue weighted by Crippen LogP contribution is 2.40. The molecule has 1 saturated carbocycles. The highest BCUT2D eigenvalue weighted by Gasteiger charge is 2.43. The normalized spacial score (nSPS) is 32.6. The molecule has 3 rings (SSSR count). The lowest BCUT2D eigenvalue weighted by atomic mass is 9.79. The number of rotatable bonds is 17. The molecule has 0 radical (unpaired) electrons. The number of ether oxygens (including phenoxy) is 3. The molecule has 5 nitrogen and oxygen atoms in total. The molecule has 7 heteroatoms. The number of likely N-dealkylation sites (N-methyl/N-ethyl adjacent to an activating group) is 1. The minimum Gasteiger partial charge on any atom is -0.352 e. The van der Waals surface area contributed by atoms with Crippen LogP contribution in [0.25, 0.3) is 0 Å². The molecule has 2 aliphatic heterocycles. The first-order chi connectivity index (χ1) is 16.5. The van der Waals surface area contributed by atoms with Crippen LogP contribution in [0.2, 0.25) is 0 Å². The zero-order valence-electron chi connectivity index (χ0n) is 22.5. The average Bonchev–Trinajstić information content (AvgIpc) is 3.30. The van der Waals surface area contributed by atoms with Crippen LogP contribution in [0.3, 0.4) is 0 Å². The summed E-state index contributed by atoms with van der Waals surface area (Å²) >= 11 is 0. The summed E-state index contributed by atoms with van der Waals surface area (Å²) in [6.07, 6.45) is 12.3. The molecule has 34 heavy (non-hydrogen) atoms. The summed E-state index contributed by atoms with van der Waals surface area (Å²) in [6.45, 7) is 14.9. The van der Waals surface area contributed by atoms with Gasteiger partial charge in [0.15, 0.2) is 6.29 Å². The van der Waals surface area contributed by atoms with Gasteiger partial charge in [-0.15, -0.1) is 0 Å². The zero-order valence-corrected chi connectivity index (χ0v) is 24.1. The molecule has 0 aromatic heterocycles. The lowest BCUT2D eigenvalue weighted by molar-refractivity contribution is -0.168. The largest absolute Gasteiger partial charge is 0.352 e. The molecule has 1 N–H and O–H groups in total. The Bertz CT molecular complexity index is 540. The van der Waals surface area contributed by atoms with Crippen molar-refractivity contribution in [1.82, 2.24) is 10.2 Å². The SMILES string of the molecule is CCN(CCOC(CCCCCC1CCSS1)OC(C)C)CC1OC1NC1C(C)CCCC1C. The number of nitrogens with zero attached hydrogens (tertiary/aromatic N) is 1. The molecule has 6 atom stereocenters. The van der Waals surface area contributed by atoms with Gasteiger partial charge in [-0.25, -0.2) is 0 Å². The lowest BCUT2D eigenvalue weighted by Crippen LogP contribution is -2.45. The second kappa shape index (κ2) is 15.7. The monoisotopic (exact) mass is 516 g/mol. The molecule has 0 spiro atoms. The van der Waals surface area contributed by atoms with Gasteiger partial charge in [0.1, 0.15) is 12.3 Å². The van der Waals surface area contributed by atoms with Crippen molar-refractivity contribution in [3.63, 3.8) is 0 Å². The highest BCUT2D eigenvalue weighted by atomic mass is 33.1. The fraction of sp³-hybridized carbons (Fsp3) is 1.00. The Balaban J connectivity index is 1.29. The fourth-order valence-corrected chi connectivity index (χ4v) is 8.52. The van der Waals surface area contributed by atoms with E-state index in [1.807, 2.05) is 10.8 Å². The van der Waals surface area contributed by atoms with Gasteiger partial charge in [-0.1, -0.05) is 61.6 Å². The van der Waals surface area contributed by atoms with E-state index in [4.69, 9.17) is 14.2 Å². The molecule has 0 amide bonds. The lowest BCUT2D eigenvalue weighted by Gasteiger charge is -2.35. The maximum Gasteiger partial charge on any atom is 0.157 e. The maximum absolute atomic E-state index is 6.22. The van der Waals surface area contributed by atoms with E-state index >= 15 is 0 Å². The van der Waals surface area contributed by atoms with Gasteiger partial charge in [-0.2, -0.15) is 0 Å². The molecule has 2 heterocycles. The van der Waals surface area contributed by atoms with Gasteiger partial charge in [-0.05, 0) is 70.8 Å². The second-order valence-corrected chi connectivity index (χ2v) is 13.8. The van der Waals surface area contributed by atoms with E-state index in [1.54, 1.807) is 0 Å². The summed E-state index contributed by atoms with van der Waals surface area (Å²) in [7, 11) is 4.15. The number of nitrogens with one attached hydrogen (secondary N) is 1. The van der Waals surface area contributed by atoms with Crippen molar-refractivity contribution < 1.29 is 14.2 Å². The van der Waals surface area contributed by atoms with Crippen molar-refractivity contribution in [2.45, 2.75) is 128 Å². The molecule has 6 unspecified atom stereocenters. The first-order valence-electron chi connectivity index (χ1n) is 14.2. The maximum atomic E-state index is 6.22. The smallest absolute Gasteiger partial charge is 0.157 e. The van der Waals surface area contributed by atoms with Gasteiger partial charge in [0, 0.05) is 30.1 Å².